The molecule has 1 saturated heterocycles. The quantitative estimate of drug-likeness (QED) is 0.741. The van der Waals surface area contributed by atoms with Gasteiger partial charge >= 0.3 is 5.97 Å². The molecule has 1 aliphatic rings. The molecular formula is C12H19NO3. The highest BCUT2D eigenvalue weighted by Crippen LogP contribution is 2.30. The Morgan fingerprint density at radius 3 is 2.50 bits per heavy atom. The summed E-state index contributed by atoms with van der Waals surface area (Å²) in [6, 6.07) is -0.759. The van der Waals surface area contributed by atoms with Crippen molar-refractivity contribution in [1.29, 1.82) is 0 Å². The number of hydrogen-bond donors (Lipinski definition) is 1. The van der Waals surface area contributed by atoms with Crippen molar-refractivity contribution < 1.29 is 14.7 Å². The number of amides is 1. The van der Waals surface area contributed by atoms with Gasteiger partial charge in [0.2, 0.25) is 5.91 Å². The molecule has 2 atom stereocenters. The van der Waals surface area contributed by atoms with E-state index in [4.69, 9.17) is 0 Å². The highest BCUT2D eigenvalue weighted by Gasteiger charge is 2.42. The molecule has 1 amide bonds. The molecule has 16 heavy (non-hydrogen) atoms. The number of carbonyl (C=O) groups excluding carboxylic acids is 1. The number of aliphatic carboxylic acids is 1. The van der Waals surface area contributed by atoms with Crippen LogP contribution < -0.4 is 0 Å². The average molecular weight is 225 g/mol. The standard InChI is InChI=1S/C12H19NO3/c1-5-8-6-9(14)13(7-8)10(11(15)16)12(2,3)4/h5,8,10H,1,6-7H2,2-4H3,(H,15,16). The zero-order valence-electron chi connectivity index (χ0n) is 10.1. The SMILES string of the molecule is C=CC1CC(=O)N(C(C(=O)O)C(C)(C)C)C1. The fraction of sp³-hybridized carbons (Fsp3) is 0.667. The molecule has 0 saturated carbocycles. The molecule has 4 heteroatoms. The minimum Gasteiger partial charge on any atom is -0.480 e. The molecule has 1 fully saturated rings. The molecule has 0 bridgehead atoms. The van der Waals surface area contributed by atoms with Crippen molar-refractivity contribution >= 4 is 11.9 Å². The second-order valence-electron chi connectivity index (χ2n) is 5.35. The van der Waals surface area contributed by atoms with Crippen molar-refractivity contribution in [2.75, 3.05) is 6.54 Å². The minimum absolute atomic E-state index is 0.0803. The Bertz CT molecular complexity index is 317. The van der Waals surface area contributed by atoms with E-state index in [1.165, 1.54) is 4.90 Å². The van der Waals surface area contributed by atoms with Crippen LogP contribution in [-0.2, 0) is 9.59 Å². The number of hydrogen-bond acceptors (Lipinski definition) is 2. The molecule has 0 spiro atoms. The van der Waals surface area contributed by atoms with Crippen molar-refractivity contribution in [3.8, 4) is 0 Å². The third-order valence-electron chi connectivity index (χ3n) is 2.89. The Morgan fingerprint density at radius 2 is 2.19 bits per heavy atom. The lowest BCUT2D eigenvalue weighted by atomic mass is 9.85. The van der Waals surface area contributed by atoms with E-state index in [0.29, 0.717) is 13.0 Å². The third kappa shape index (κ3) is 2.43. The molecule has 1 heterocycles. The summed E-state index contributed by atoms with van der Waals surface area (Å²) in [6.07, 6.45) is 2.10. The Kier molecular flexibility index (Phi) is 3.41. The molecule has 0 aliphatic carbocycles. The monoisotopic (exact) mass is 225 g/mol. The summed E-state index contributed by atoms with van der Waals surface area (Å²) < 4.78 is 0. The molecule has 4 nitrogen and oxygen atoms in total. The van der Waals surface area contributed by atoms with Crippen molar-refractivity contribution in [2.45, 2.75) is 33.2 Å². The second-order valence-corrected chi connectivity index (χ2v) is 5.35. The van der Waals surface area contributed by atoms with E-state index >= 15 is 0 Å². The van der Waals surface area contributed by atoms with E-state index in [2.05, 4.69) is 6.58 Å². The first kappa shape index (κ1) is 12.7. The van der Waals surface area contributed by atoms with Gasteiger partial charge in [0.25, 0.3) is 0 Å². The summed E-state index contributed by atoms with van der Waals surface area (Å²) in [7, 11) is 0. The lowest BCUT2D eigenvalue weighted by Crippen LogP contribution is -2.50. The van der Waals surface area contributed by atoms with Crippen molar-refractivity contribution in [3.05, 3.63) is 12.7 Å². The number of carboxylic acids is 1. The zero-order chi connectivity index (χ0) is 12.5. The van der Waals surface area contributed by atoms with Crippen LogP contribution >= 0.6 is 0 Å². The zero-order valence-corrected chi connectivity index (χ0v) is 10.1. The maximum atomic E-state index is 11.8. The van der Waals surface area contributed by atoms with Gasteiger partial charge in [0.15, 0.2) is 0 Å². The van der Waals surface area contributed by atoms with Gasteiger partial charge in [-0.15, -0.1) is 6.58 Å². The third-order valence-corrected chi connectivity index (χ3v) is 2.89. The lowest BCUT2D eigenvalue weighted by Gasteiger charge is -2.34. The fourth-order valence-corrected chi connectivity index (χ4v) is 2.14. The van der Waals surface area contributed by atoms with Crippen LogP contribution in [-0.4, -0.2) is 34.5 Å². The average Bonchev–Trinajstić information content (AvgIpc) is 2.44. The Hall–Kier alpha value is -1.32. The number of rotatable bonds is 3. The largest absolute Gasteiger partial charge is 0.480 e. The van der Waals surface area contributed by atoms with E-state index in [0.717, 1.165) is 0 Å². The molecular weight excluding hydrogens is 206 g/mol. The number of likely N-dealkylation sites (tertiary alicyclic amines) is 1. The number of carbonyl (C=O) groups is 2. The molecule has 0 radical (unpaired) electrons. The first-order valence-electron chi connectivity index (χ1n) is 5.42. The maximum Gasteiger partial charge on any atom is 0.326 e. The minimum atomic E-state index is -0.939. The van der Waals surface area contributed by atoms with Gasteiger partial charge in [0.05, 0.1) is 0 Å². The molecule has 1 rings (SSSR count). The Labute approximate surface area is 95.9 Å². The summed E-state index contributed by atoms with van der Waals surface area (Å²) in [6.45, 7) is 9.62. The summed E-state index contributed by atoms with van der Waals surface area (Å²) >= 11 is 0. The van der Waals surface area contributed by atoms with Crippen molar-refractivity contribution in [2.24, 2.45) is 11.3 Å². The fourth-order valence-electron chi connectivity index (χ4n) is 2.14. The van der Waals surface area contributed by atoms with E-state index in [9.17, 15) is 14.7 Å². The first-order valence-corrected chi connectivity index (χ1v) is 5.42. The molecule has 2 unspecified atom stereocenters. The molecule has 0 aromatic rings. The van der Waals surface area contributed by atoms with Gasteiger partial charge in [-0.25, -0.2) is 4.79 Å². The molecule has 1 aliphatic heterocycles. The van der Waals surface area contributed by atoms with Crippen molar-refractivity contribution in [3.63, 3.8) is 0 Å². The van der Waals surface area contributed by atoms with Crippen LogP contribution in [0.15, 0.2) is 12.7 Å². The van der Waals surface area contributed by atoms with E-state index in [1.807, 2.05) is 20.8 Å². The lowest BCUT2D eigenvalue weighted by molar-refractivity contribution is -0.153. The summed E-state index contributed by atoms with van der Waals surface area (Å²) in [5.74, 6) is -0.950. The summed E-state index contributed by atoms with van der Waals surface area (Å²) in [5.41, 5.74) is -0.461. The molecule has 90 valence electrons. The smallest absolute Gasteiger partial charge is 0.326 e. The van der Waals surface area contributed by atoms with E-state index < -0.39 is 17.4 Å². The number of carboxylic acid groups (broad SMARTS) is 1. The van der Waals surface area contributed by atoms with Gasteiger partial charge in [-0.3, -0.25) is 4.79 Å². The first-order chi connectivity index (χ1) is 7.27. The maximum absolute atomic E-state index is 11.8. The van der Waals surface area contributed by atoms with Crippen LogP contribution in [0.1, 0.15) is 27.2 Å². The van der Waals surface area contributed by atoms with Gasteiger partial charge in [-0.2, -0.15) is 0 Å². The van der Waals surface area contributed by atoms with Gasteiger partial charge < -0.3 is 10.0 Å². The molecule has 1 N–H and O–H groups in total. The van der Waals surface area contributed by atoms with Crippen LogP contribution in [0.5, 0.6) is 0 Å². The van der Waals surface area contributed by atoms with Crippen LogP contribution in [0, 0.1) is 11.3 Å². The van der Waals surface area contributed by atoms with E-state index in [-0.39, 0.29) is 11.8 Å². The van der Waals surface area contributed by atoms with Gasteiger partial charge in [-0.05, 0) is 5.41 Å². The summed E-state index contributed by atoms with van der Waals surface area (Å²) in [4.78, 5) is 24.5. The Balaban J connectivity index is 2.93. The van der Waals surface area contributed by atoms with Crippen LogP contribution in [0.4, 0.5) is 0 Å². The Morgan fingerprint density at radius 1 is 1.62 bits per heavy atom. The predicted molar refractivity (Wildman–Crippen MR) is 60.9 cm³/mol. The van der Waals surface area contributed by atoms with Gasteiger partial charge in [0, 0.05) is 18.9 Å². The number of nitrogens with zero attached hydrogens (tertiary/aromatic N) is 1. The van der Waals surface area contributed by atoms with Gasteiger partial charge in [0.1, 0.15) is 6.04 Å². The van der Waals surface area contributed by atoms with Crippen LogP contribution in [0.3, 0.4) is 0 Å². The predicted octanol–water partition coefficient (Wildman–Crippen LogP) is 1.52. The molecule has 0 aromatic heterocycles. The highest BCUT2D eigenvalue weighted by molar-refractivity contribution is 5.86. The van der Waals surface area contributed by atoms with E-state index in [1.54, 1.807) is 6.08 Å². The van der Waals surface area contributed by atoms with Crippen LogP contribution in [0.2, 0.25) is 0 Å². The topological polar surface area (TPSA) is 57.6 Å². The van der Waals surface area contributed by atoms with Crippen molar-refractivity contribution in [1.82, 2.24) is 4.90 Å². The van der Waals surface area contributed by atoms with Gasteiger partial charge in [-0.1, -0.05) is 26.8 Å². The highest BCUT2D eigenvalue weighted by atomic mass is 16.4. The normalized spacial score (nSPS) is 23.3. The summed E-state index contributed by atoms with van der Waals surface area (Å²) in [5, 5.41) is 9.23. The second kappa shape index (κ2) is 4.28. The van der Waals surface area contributed by atoms with Crippen LogP contribution in [0.25, 0.3) is 0 Å². The molecule has 0 aromatic carbocycles.